The Morgan fingerprint density at radius 1 is 1.19 bits per heavy atom. The first kappa shape index (κ1) is 18.0. The molecular weight excluding hydrogens is 260 g/mol. The molecule has 1 N–H and O–H groups in total. The van der Waals surface area contributed by atoms with E-state index in [9.17, 15) is 0 Å². The van der Waals surface area contributed by atoms with Gasteiger partial charge >= 0.3 is 0 Å². The van der Waals surface area contributed by atoms with Gasteiger partial charge in [0.25, 0.3) is 0 Å². The lowest BCUT2D eigenvalue weighted by atomic mass is 9.91. The quantitative estimate of drug-likeness (QED) is 0.813. The monoisotopic (exact) mass is 292 g/mol. The average molecular weight is 292 g/mol. The largest absolute Gasteiger partial charge is 0.475 e. The number of hydrogen-bond acceptors (Lipinski definition) is 3. The highest BCUT2D eigenvalue weighted by molar-refractivity contribution is 5.28. The maximum atomic E-state index is 5.93. The highest BCUT2D eigenvalue weighted by Gasteiger charge is 2.18. The summed E-state index contributed by atoms with van der Waals surface area (Å²) in [6.45, 7) is 17.1. The predicted molar refractivity (Wildman–Crippen MR) is 89.9 cm³/mol. The molecular formula is C18H32N2O. The Morgan fingerprint density at radius 2 is 1.86 bits per heavy atom. The zero-order valence-corrected chi connectivity index (χ0v) is 14.8. The van der Waals surface area contributed by atoms with Crippen LogP contribution in [-0.2, 0) is 12.0 Å². The van der Waals surface area contributed by atoms with Crippen molar-refractivity contribution in [2.24, 2.45) is 5.92 Å². The van der Waals surface area contributed by atoms with Gasteiger partial charge in [-0.25, -0.2) is 4.98 Å². The molecule has 0 radical (unpaired) electrons. The molecule has 1 unspecified atom stereocenters. The SMILES string of the molecule is CCC(C)Oc1cc(CNCC(C)C)cc(C(C)(C)C)n1. The highest BCUT2D eigenvalue weighted by Crippen LogP contribution is 2.25. The third-order valence-electron chi connectivity index (χ3n) is 3.41. The molecule has 0 amide bonds. The second-order valence-electron chi connectivity index (χ2n) is 7.31. The first-order valence-electron chi connectivity index (χ1n) is 8.11. The van der Waals surface area contributed by atoms with Gasteiger partial charge in [-0.2, -0.15) is 0 Å². The maximum absolute atomic E-state index is 5.93. The van der Waals surface area contributed by atoms with Crippen LogP contribution in [0.25, 0.3) is 0 Å². The minimum atomic E-state index is 0.0294. The minimum absolute atomic E-state index is 0.0294. The van der Waals surface area contributed by atoms with Crippen molar-refractivity contribution in [2.75, 3.05) is 6.54 Å². The molecule has 0 saturated carbocycles. The second-order valence-corrected chi connectivity index (χ2v) is 7.31. The highest BCUT2D eigenvalue weighted by atomic mass is 16.5. The fraction of sp³-hybridized carbons (Fsp3) is 0.722. The van der Waals surface area contributed by atoms with Gasteiger partial charge in [-0.15, -0.1) is 0 Å². The summed E-state index contributed by atoms with van der Waals surface area (Å²) in [4.78, 5) is 4.69. The number of aromatic nitrogens is 1. The van der Waals surface area contributed by atoms with E-state index in [4.69, 9.17) is 4.74 Å². The van der Waals surface area contributed by atoms with Crippen LogP contribution in [0, 0.1) is 5.92 Å². The van der Waals surface area contributed by atoms with E-state index in [0.29, 0.717) is 5.92 Å². The lowest BCUT2D eigenvalue weighted by Gasteiger charge is -2.21. The standard InChI is InChI=1S/C18H32N2O/c1-8-14(4)21-17-10-15(12-19-11-13(2)3)9-16(20-17)18(5,6)7/h9-10,13-14,19H,8,11-12H2,1-7H3. The zero-order chi connectivity index (χ0) is 16.0. The Balaban J connectivity index is 2.92. The molecule has 0 fully saturated rings. The van der Waals surface area contributed by atoms with Gasteiger partial charge in [-0.05, 0) is 37.4 Å². The molecule has 21 heavy (non-hydrogen) atoms. The van der Waals surface area contributed by atoms with E-state index in [2.05, 4.69) is 70.9 Å². The molecule has 1 heterocycles. The topological polar surface area (TPSA) is 34.1 Å². The van der Waals surface area contributed by atoms with Gasteiger partial charge in [-0.3, -0.25) is 0 Å². The van der Waals surface area contributed by atoms with E-state index in [0.717, 1.165) is 31.1 Å². The number of rotatable bonds is 7. The summed E-state index contributed by atoms with van der Waals surface area (Å²) in [5.74, 6) is 1.41. The van der Waals surface area contributed by atoms with Crippen molar-refractivity contribution in [1.82, 2.24) is 10.3 Å². The fourth-order valence-electron chi connectivity index (χ4n) is 1.90. The van der Waals surface area contributed by atoms with Crippen molar-refractivity contribution < 1.29 is 4.74 Å². The molecule has 1 rings (SSSR count). The Morgan fingerprint density at radius 3 is 2.38 bits per heavy atom. The number of nitrogens with one attached hydrogen (secondary N) is 1. The molecule has 0 saturated heterocycles. The number of pyridine rings is 1. The van der Waals surface area contributed by atoms with Crippen LogP contribution in [0.2, 0.25) is 0 Å². The summed E-state index contributed by atoms with van der Waals surface area (Å²) in [6, 6.07) is 4.26. The van der Waals surface area contributed by atoms with Crippen LogP contribution in [0.4, 0.5) is 0 Å². The second kappa shape index (κ2) is 7.79. The van der Waals surface area contributed by atoms with Crippen LogP contribution in [0.5, 0.6) is 5.88 Å². The van der Waals surface area contributed by atoms with Gasteiger partial charge in [0.2, 0.25) is 5.88 Å². The summed E-state index contributed by atoms with van der Waals surface area (Å²) in [7, 11) is 0. The Bertz CT molecular complexity index is 435. The number of ether oxygens (including phenoxy) is 1. The Hall–Kier alpha value is -1.09. The van der Waals surface area contributed by atoms with Crippen LogP contribution >= 0.6 is 0 Å². The van der Waals surface area contributed by atoms with Gasteiger partial charge in [0, 0.05) is 18.0 Å². The average Bonchev–Trinajstić information content (AvgIpc) is 2.36. The van der Waals surface area contributed by atoms with Crippen molar-refractivity contribution in [1.29, 1.82) is 0 Å². The number of nitrogens with zero attached hydrogens (tertiary/aromatic N) is 1. The van der Waals surface area contributed by atoms with Gasteiger partial charge in [0.05, 0.1) is 11.8 Å². The lowest BCUT2D eigenvalue weighted by Crippen LogP contribution is -2.21. The summed E-state index contributed by atoms with van der Waals surface area (Å²) in [5.41, 5.74) is 2.36. The van der Waals surface area contributed by atoms with E-state index in [1.807, 2.05) is 0 Å². The lowest BCUT2D eigenvalue weighted by molar-refractivity contribution is 0.207. The Labute approximate surface area is 130 Å². The number of hydrogen-bond donors (Lipinski definition) is 1. The zero-order valence-electron chi connectivity index (χ0n) is 14.8. The van der Waals surface area contributed by atoms with Crippen molar-refractivity contribution in [3.05, 3.63) is 23.4 Å². The van der Waals surface area contributed by atoms with Gasteiger partial charge in [0.1, 0.15) is 0 Å². The van der Waals surface area contributed by atoms with Crippen molar-refractivity contribution >= 4 is 0 Å². The Kier molecular flexibility index (Phi) is 6.66. The first-order valence-corrected chi connectivity index (χ1v) is 8.11. The van der Waals surface area contributed by atoms with E-state index < -0.39 is 0 Å². The van der Waals surface area contributed by atoms with Crippen LogP contribution in [0.15, 0.2) is 12.1 Å². The van der Waals surface area contributed by atoms with Crippen LogP contribution in [0.3, 0.4) is 0 Å². The van der Waals surface area contributed by atoms with Crippen LogP contribution in [-0.4, -0.2) is 17.6 Å². The summed E-state index contributed by atoms with van der Waals surface area (Å²) in [5, 5.41) is 3.49. The molecule has 0 aliphatic carbocycles. The smallest absolute Gasteiger partial charge is 0.214 e. The van der Waals surface area contributed by atoms with Crippen LogP contribution < -0.4 is 10.1 Å². The molecule has 1 aromatic rings. The van der Waals surface area contributed by atoms with E-state index in [1.54, 1.807) is 0 Å². The third-order valence-corrected chi connectivity index (χ3v) is 3.41. The van der Waals surface area contributed by atoms with E-state index in [1.165, 1.54) is 5.56 Å². The summed E-state index contributed by atoms with van der Waals surface area (Å²) < 4.78 is 5.93. The summed E-state index contributed by atoms with van der Waals surface area (Å²) >= 11 is 0. The van der Waals surface area contributed by atoms with Gasteiger partial charge in [0.15, 0.2) is 0 Å². The molecule has 3 nitrogen and oxygen atoms in total. The first-order chi connectivity index (χ1) is 9.72. The fourth-order valence-corrected chi connectivity index (χ4v) is 1.90. The van der Waals surface area contributed by atoms with E-state index in [-0.39, 0.29) is 11.5 Å². The normalized spacial score (nSPS) is 13.5. The molecule has 0 aliphatic rings. The van der Waals surface area contributed by atoms with Crippen LogP contribution in [0.1, 0.15) is 66.1 Å². The molecule has 0 bridgehead atoms. The molecule has 0 aliphatic heterocycles. The molecule has 3 heteroatoms. The van der Waals surface area contributed by atoms with Gasteiger partial charge in [-0.1, -0.05) is 41.5 Å². The molecule has 120 valence electrons. The van der Waals surface area contributed by atoms with Crippen molar-refractivity contribution in [3.8, 4) is 5.88 Å². The molecule has 1 aromatic heterocycles. The minimum Gasteiger partial charge on any atom is -0.475 e. The molecule has 0 spiro atoms. The predicted octanol–water partition coefficient (Wildman–Crippen LogP) is 4.30. The molecule has 0 aromatic carbocycles. The van der Waals surface area contributed by atoms with Gasteiger partial charge < -0.3 is 10.1 Å². The summed E-state index contributed by atoms with van der Waals surface area (Å²) in [6.07, 6.45) is 1.19. The molecule has 1 atom stereocenters. The van der Waals surface area contributed by atoms with E-state index >= 15 is 0 Å². The third kappa shape index (κ3) is 6.47. The maximum Gasteiger partial charge on any atom is 0.214 e. The van der Waals surface area contributed by atoms with Crippen molar-refractivity contribution in [3.63, 3.8) is 0 Å². The van der Waals surface area contributed by atoms with Crippen molar-refractivity contribution in [2.45, 2.75) is 73.0 Å².